The van der Waals surface area contributed by atoms with Crippen LogP contribution >= 0.6 is 0 Å². The van der Waals surface area contributed by atoms with Gasteiger partial charge in [0.25, 0.3) is 0 Å². The lowest BCUT2D eigenvalue weighted by molar-refractivity contribution is -0.804. The monoisotopic (exact) mass is 192 g/mol. The van der Waals surface area contributed by atoms with Gasteiger partial charge in [0.2, 0.25) is 0 Å². The van der Waals surface area contributed by atoms with Crippen molar-refractivity contribution in [1.82, 2.24) is 0 Å². The molecular formula is C12H20N2. The van der Waals surface area contributed by atoms with Crippen LogP contribution in [0.15, 0.2) is 24.0 Å². The van der Waals surface area contributed by atoms with Crippen molar-refractivity contribution >= 4 is 0 Å². The predicted molar refractivity (Wildman–Crippen MR) is 57.8 cm³/mol. The molecule has 1 unspecified atom stereocenters. The standard InChI is InChI=1S/C11H19N.CN/c1-3-5-6-9-12-10-7-8-11(12)4-2;1-2/h7-8,10H,3-6,9H2,1-2H3;/q;-1/p+1. The first kappa shape index (κ1) is 12.9. The Morgan fingerprint density at radius 2 is 2.00 bits per heavy atom. The number of hydrogen-bond donors (Lipinski definition) is 1. The van der Waals surface area contributed by atoms with Gasteiger partial charge < -0.3 is 11.8 Å². The molecule has 0 bridgehead atoms. The molecule has 0 amide bonds. The van der Waals surface area contributed by atoms with Crippen LogP contribution in [0, 0.1) is 11.8 Å². The summed E-state index contributed by atoms with van der Waals surface area (Å²) in [5.41, 5.74) is 1.55. The third-order valence-corrected chi connectivity index (χ3v) is 2.44. The van der Waals surface area contributed by atoms with E-state index in [-0.39, 0.29) is 0 Å². The molecule has 0 aromatic heterocycles. The molecule has 78 valence electrons. The molecule has 1 aliphatic heterocycles. The molecule has 0 spiro atoms. The van der Waals surface area contributed by atoms with Crippen LogP contribution in [0.5, 0.6) is 0 Å². The molecule has 1 rings (SSSR count). The second-order valence-electron chi connectivity index (χ2n) is 3.39. The van der Waals surface area contributed by atoms with Gasteiger partial charge in [-0.05, 0) is 18.9 Å². The maximum atomic E-state index is 6.25. The summed E-state index contributed by atoms with van der Waals surface area (Å²) in [6.07, 6.45) is 11.9. The summed E-state index contributed by atoms with van der Waals surface area (Å²) >= 11 is 0. The zero-order chi connectivity index (χ0) is 10.8. The quantitative estimate of drug-likeness (QED) is 0.523. The number of nitrogens with zero attached hydrogens (tertiary/aromatic N) is 1. The Labute approximate surface area is 87.5 Å². The highest BCUT2D eigenvalue weighted by atomic mass is 15.1. The molecule has 0 aromatic carbocycles. The van der Waals surface area contributed by atoms with Gasteiger partial charge in [-0.15, -0.1) is 0 Å². The lowest BCUT2D eigenvalue weighted by Gasteiger charge is -2.12. The van der Waals surface area contributed by atoms with E-state index in [0.717, 1.165) is 0 Å². The Balaban J connectivity index is 0.000000791. The molecule has 0 saturated carbocycles. The zero-order valence-corrected chi connectivity index (χ0v) is 9.21. The number of hydrogen-bond acceptors (Lipinski definition) is 1. The molecule has 2 nitrogen and oxygen atoms in total. The van der Waals surface area contributed by atoms with E-state index in [1.165, 1.54) is 32.2 Å². The van der Waals surface area contributed by atoms with E-state index in [1.54, 1.807) is 10.6 Å². The van der Waals surface area contributed by atoms with Crippen LogP contribution in [-0.4, -0.2) is 6.54 Å². The first-order valence-corrected chi connectivity index (χ1v) is 5.34. The third kappa shape index (κ3) is 4.25. The van der Waals surface area contributed by atoms with Gasteiger partial charge in [0.15, 0.2) is 0 Å². The lowest BCUT2D eigenvalue weighted by atomic mass is 10.2. The minimum Gasteiger partial charge on any atom is -0.512 e. The van der Waals surface area contributed by atoms with Crippen LogP contribution in [0.3, 0.4) is 0 Å². The predicted octanol–water partition coefficient (Wildman–Crippen LogP) is 1.98. The Kier molecular flexibility index (Phi) is 7.87. The molecule has 0 radical (unpaired) electrons. The maximum absolute atomic E-state index is 6.25. The number of rotatable bonds is 5. The number of quaternary nitrogens is 1. The van der Waals surface area contributed by atoms with Crippen molar-refractivity contribution in [3.05, 3.63) is 30.6 Å². The van der Waals surface area contributed by atoms with Crippen LogP contribution in [0.2, 0.25) is 0 Å². The Hall–Kier alpha value is -1.07. The van der Waals surface area contributed by atoms with Crippen molar-refractivity contribution in [3.63, 3.8) is 0 Å². The molecule has 14 heavy (non-hydrogen) atoms. The van der Waals surface area contributed by atoms with E-state index in [4.69, 9.17) is 11.8 Å². The smallest absolute Gasteiger partial charge is 0.112 e. The van der Waals surface area contributed by atoms with E-state index >= 15 is 0 Å². The molecule has 1 N–H and O–H groups in total. The molecule has 1 heterocycles. The lowest BCUT2D eigenvalue weighted by Crippen LogP contribution is -3.04. The van der Waals surface area contributed by atoms with E-state index in [9.17, 15) is 0 Å². The number of unbranched alkanes of at least 4 members (excludes halogenated alkanes) is 2. The van der Waals surface area contributed by atoms with Gasteiger partial charge in [-0.25, -0.2) is 0 Å². The van der Waals surface area contributed by atoms with Crippen molar-refractivity contribution < 1.29 is 4.90 Å². The number of allylic oxidation sites excluding steroid dienone is 3. The highest BCUT2D eigenvalue weighted by Gasteiger charge is 2.13. The van der Waals surface area contributed by atoms with E-state index in [1.807, 2.05) is 0 Å². The molecule has 0 aromatic rings. The Morgan fingerprint density at radius 3 is 2.57 bits per heavy atom. The largest absolute Gasteiger partial charge is 0.512 e. The first-order chi connectivity index (χ1) is 6.88. The van der Waals surface area contributed by atoms with Gasteiger partial charge in [0, 0.05) is 12.5 Å². The summed E-state index contributed by atoms with van der Waals surface area (Å²) in [4.78, 5) is 1.57. The van der Waals surface area contributed by atoms with Gasteiger partial charge in [-0.3, -0.25) is 4.90 Å². The highest BCUT2D eigenvalue weighted by molar-refractivity contribution is 5.09. The molecule has 0 fully saturated rings. The van der Waals surface area contributed by atoms with E-state index < -0.39 is 0 Å². The SMILES string of the molecule is CCCCC[NH+]1C=CC=C1CC.[C-]#N. The van der Waals surface area contributed by atoms with Crippen LogP contribution in [-0.2, 0) is 0 Å². The van der Waals surface area contributed by atoms with Crippen LogP contribution in [0.4, 0.5) is 0 Å². The summed E-state index contributed by atoms with van der Waals surface area (Å²) in [6.45, 7) is 10.5. The minimum absolute atomic E-state index is 1.19. The van der Waals surface area contributed by atoms with Gasteiger partial charge in [0.1, 0.15) is 5.70 Å². The van der Waals surface area contributed by atoms with E-state index in [0.29, 0.717) is 0 Å². The fraction of sp³-hybridized carbons (Fsp3) is 0.583. The zero-order valence-electron chi connectivity index (χ0n) is 9.21. The average molecular weight is 192 g/mol. The topological polar surface area (TPSA) is 28.2 Å². The fourth-order valence-electron chi connectivity index (χ4n) is 1.65. The van der Waals surface area contributed by atoms with Crippen molar-refractivity contribution in [1.29, 1.82) is 5.26 Å². The highest BCUT2D eigenvalue weighted by Crippen LogP contribution is 1.98. The summed E-state index contributed by atoms with van der Waals surface area (Å²) < 4.78 is 0. The van der Waals surface area contributed by atoms with E-state index in [2.05, 4.69) is 32.2 Å². The maximum Gasteiger partial charge on any atom is 0.112 e. The van der Waals surface area contributed by atoms with Crippen molar-refractivity contribution in [3.8, 4) is 0 Å². The second-order valence-corrected chi connectivity index (χ2v) is 3.39. The second kappa shape index (κ2) is 8.52. The summed E-state index contributed by atoms with van der Waals surface area (Å²) in [5.74, 6) is 0. The van der Waals surface area contributed by atoms with Crippen LogP contribution in [0.1, 0.15) is 39.5 Å². The fourth-order valence-corrected chi connectivity index (χ4v) is 1.65. The third-order valence-electron chi connectivity index (χ3n) is 2.44. The number of nitrogens with one attached hydrogen (secondary N) is 1. The van der Waals surface area contributed by atoms with Gasteiger partial charge in [-0.2, -0.15) is 0 Å². The molecule has 1 aliphatic rings. The average Bonchev–Trinajstić information content (AvgIpc) is 2.69. The normalized spacial score (nSPS) is 18.6. The molecule has 0 aliphatic carbocycles. The Morgan fingerprint density at radius 1 is 1.29 bits per heavy atom. The molecule has 2 heteroatoms. The first-order valence-electron chi connectivity index (χ1n) is 5.34. The van der Waals surface area contributed by atoms with Crippen LogP contribution < -0.4 is 4.90 Å². The van der Waals surface area contributed by atoms with Gasteiger partial charge >= 0.3 is 0 Å². The molecule has 0 saturated heterocycles. The summed E-state index contributed by atoms with van der Waals surface area (Å²) in [5, 5.41) is 6.25. The van der Waals surface area contributed by atoms with Gasteiger partial charge in [-0.1, -0.05) is 20.3 Å². The van der Waals surface area contributed by atoms with Crippen molar-refractivity contribution in [2.75, 3.05) is 6.54 Å². The van der Waals surface area contributed by atoms with Crippen LogP contribution in [0.25, 0.3) is 0 Å². The van der Waals surface area contributed by atoms with Crippen molar-refractivity contribution in [2.24, 2.45) is 0 Å². The minimum atomic E-state index is 1.19. The summed E-state index contributed by atoms with van der Waals surface area (Å²) in [7, 11) is 0. The molecular weight excluding hydrogens is 172 g/mol. The molecule has 1 atom stereocenters. The Bertz CT molecular complexity index is 214. The van der Waals surface area contributed by atoms with Crippen molar-refractivity contribution in [2.45, 2.75) is 39.5 Å². The summed E-state index contributed by atoms with van der Waals surface area (Å²) in [6, 6.07) is 0. The van der Waals surface area contributed by atoms with Gasteiger partial charge in [0.05, 0.1) is 12.7 Å².